The van der Waals surface area contributed by atoms with Crippen LogP contribution in [0.2, 0.25) is 9.36 Å². The van der Waals surface area contributed by atoms with Crippen molar-refractivity contribution in [3.05, 3.63) is 85.0 Å². The van der Waals surface area contributed by atoms with E-state index < -0.39 is 0 Å². The van der Waals surface area contributed by atoms with E-state index in [0.29, 0.717) is 44.0 Å². The predicted molar refractivity (Wildman–Crippen MR) is 143 cm³/mol. The summed E-state index contributed by atoms with van der Waals surface area (Å²) >= 11 is 13.5. The zero-order chi connectivity index (χ0) is 24.7. The van der Waals surface area contributed by atoms with E-state index in [1.807, 2.05) is 4.90 Å². The fourth-order valence-corrected chi connectivity index (χ4v) is 6.14. The van der Waals surface area contributed by atoms with Crippen molar-refractivity contribution in [3.8, 4) is 0 Å². The number of rotatable bonds is 8. The molecule has 1 aromatic heterocycles. The monoisotopic (exact) mass is 527 g/mol. The van der Waals surface area contributed by atoms with Crippen LogP contribution in [0.1, 0.15) is 49.6 Å². The third-order valence-corrected chi connectivity index (χ3v) is 8.25. The number of carbonyl (C=O) groups excluding carboxylic acids is 2. The van der Waals surface area contributed by atoms with Crippen LogP contribution in [0.25, 0.3) is 0 Å². The zero-order valence-corrected chi connectivity index (χ0v) is 22.1. The maximum Gasteiger partial charge on any atom is 0.265 e. The number of nitrogens with one attached hydrogen (secondary N) is 1. The fraction of sp³-hybridized carbons (Fsp3) is 0.333. The van der Waals surface area contributed by atoms with Gasteiger partial charge >= 0.3 is 0 Å². The van der Waals surface area contributed by atoms with Crippen LogP contribution < -0.4 is 5.32 Å². The quantitative estimate of drug-likeness (QED) is 0.385. The van der Waals surface area contributed by atoms with Gasteiger partial charge in [0.05, 0.1) is 20.5 Å². The molecule has 8 heteroatoms. The van der Waals surface area contributed by atoms with Crippen molar-refractivity contribution in [1.82, 2.24) is 9.80 Å². The average Bonchev–Trinajstić information content (AvgIpc) is 3.32. The summed E-state index contributed by atoms with van der Waals surface area (Å²) in [5.41, 5.74) is 4.70. The first-order valence-electron chi connectivity index (χ1n) is 11.7. The van der Waals surface area contributed by atoms with Gasteiger partial charge in [0.15, 0.2) is 0 Å². The fourth-order valence-electron chi connectivity index (χ4n) is 4.96. The standard InChI is InChI=1S/C27H27Cl2N3O2S/c1-31(2)16-27(10-11-27)19-5-3-17(4-6-19)9-12-32-15-18-13-20(28)14-21(24(18)26(32)34)30-25(33)22-7-8-23(29)35-22/h3-8,13-14H,9-12,15-16H2,1-2H3,(H,30,33). The van der Waals surface area contributed by atoms with Crippen molar-refractivity contribution in [3.63, 3.8) is 0 Å². The van der Waals surface area contributed by atoms with Crippen LogP contribution in [0.15, 0.2) is 48.5 Å². The highest BCUT2D eigenvalue weighted by Crippen LogP contribution is 2.48. The number of halogens is 2. The first-order chi connectivity index (χ1) is 16.7. The van der Waals surface area contributed by atoms with E-state index in [0.717, 1.165) is 18.5 Å². The molecular formula is C27H27Cl2N3O2S. The lowest BCUT2D eigenvalue weighted by molar-refractivity contribution is 0.0781. The Kier molecular flexibility index (Phi) is 6.66. The second-order valence-corrected chi connectivity index (χ2v) is 11.9. The van der Waals surface area contributed by atoms with Gasteiger partial charge < -0.3 is 15.1 Å². The number of nitrogens with zero attached hydrogens (tertiary/aromatic N) is 2. The second-order valence-electron chi connectivity index (χ2n) is 9.74. The van der Waals surface area contributed by atoms with Crippen LogP contribution in [0, 0.1) is 0 Å². The van der Waals surface area contributed by atoms with Gasteiger partial charge in [0.2, 0.25) is 0 Å². The molecule has 0 spiro atoms. The van der Waals surface area contributed by atoms with E-state index in [-0.39, 0.29) is 11.8 Å². The Labute approximate surface area is 219 Å². The Balaban J connectivity index is 1.26. The molecule has 2 aromatic carbocycles. The van der Waals surface area contributed by atoms with Crippen LogP contribution in [0.3, 0.4) is 0 Å². The maximum atomic E-state index is 13.3. The number of hydrogen-bond donors (Lipinski definition) is 1. The Morgan fingerprint density at radius 2 is 1.86 bits per heavy atom. The summed E-state index contributed by atoms with van der Waals surface area (Å²) in [5.74, 6) is -0.392. The van der Waals surface area contributed by atoms with E-state index in [4.69, 9.17) is 23.2 Å². The summed E-state index contributed by atoms with van der Waals surface area (Å²) in [6.07, 6.45) is 3.25. The molecule has 35 heavy (non-hydrogen) atoms. The molecule has 0 saturated heterocycles. The number of carbonyl (C=O) groups is 2. The normalized spacial score (nSPS) is 16.0. The highest BCUT2D eigenvalue weighted by atomic mass is 35.5. The first-order valence-corrected chi connectivity index (χ1v) is 13.2. The van der Waals surface area contributed by atoms with Gasteiger partial charge in [-0.1, -0.05) is 47.5 Å². The summed E-state index contributed by atoms with van der Waals surface area (Å²) < 4.78 is 0.534. The van der Waals surface area contributed by atoms with E-state index in [1.54, 1.807) is 24.3 Å². The first kappa shape index (κ1) is 24.3. The largest absolute Gasteiger partial charge is 0.334 e. The molecule has 0 unspecified atom stereocenters. The third-order valence-electron chi connectivity index (χ3n) is 6.80. The SMILES string of the molecule is CN(C)CC1(c2ccc(CCN3Cc4cc(Cl)cc(NC(=O)c5ccc(Cl)s5)c4C3=O)cc2)CC1. The summed E-state index contributed by atoms with van der Waals surface area (Å²) in [5, 5.41) is 3.34. The molecule has 2 aliphatic rings. The van der Waals surface area contributed by atoms with Crippen molar-refractivity contribution in [2.75, 3.05) is 32.5 Å². The summed E-state index contributed by atoms with van der Waals surface area (Å²) in [4.78, 5) is 30.5. The second kappa shape index (κ2) is 9.58. The van der Waals surface area contributed by atoms with E-state index in [9.17, 15) is 9.59 Å². The number of thiophene rings is 1. The van der Waals surface area contributed by atoms with Crippen LogP contribution in [-0.4, -0.2) is 48.8 Å². The third kappa shape index (κ3) is 5.12. The molecule has 3 aromatic rings. The maximum absolute atomic E-state index is 13.3. The Morgan fingerprint density at radius 3 is 2.49 bits per heavy atom. The molecule has 5 nitrogen and oxygen atoms in total. The minimum atomic E-state index is -0.305. The highest BCUT2D eigenvalue weighted by Gasteiger charge is 2.44. The van der Waals surface area contributed by atoms with Crippen molar-refractivity contribution in [2.24, 2.45) is 0 Å². The average molecular weight is 529 g/mol. The smallest absolute Gasteiger partial charge is 0.265 e. The van der Waals surface area contributed by atoms with Crippen molar-refractivity contribution >= 4 is 52.0 Å². The Bertz CT molecular complexity index is 1280. The molecule has 5 rings (SSSR count). The molecule has 0 bridgehead atoms. The molecule has 1 fully saturated rings. The van der Waals surface area contributed by atoms with Crippen LogP contribution in [0.4, 0.5) is 5.69 Å². The number of anilines is 1. The molecule has 2 heterocycles. The molecule has 0 atom stereocenters. The summed E-state index contributed by atoms with van der Waals surface area (Å²) in [7, 11) is 4.25. The van der Waals surface area contributed by atoms with Crippen LogP contribution >= 0.6 is 34.5 Å². The number of likely N-dealkylation sites (N-methyl/N-ethyl adjacent to an activating group) is 1. The van der Waals surface area contributed by atoms with Gasteiger partial charge in [-0.05, 0) is 74.3 Å². The lowest BCUT2D eigenvalue weighted by Gasteiger charge is -2.21. The van der Waals surface area contributed by atoms with Crippen molar-refractivity contribution in [1.29, 1.82) is 0 Å². The molecule has 0 radical (unpaired) electrons. The number of fused-ring (bicyclic) bond motifs is 1. The topological polar surface area (TPSA) is 52.6 Å². The number of hydrogen-bond acceptors (Lipinski definition) is 4. The van der Waals surface area contributed by atoms with Gasteiger partial charge in [0.25, 0.3) is 11.8 Å². The van der Waals surface area contributed by atoms with E-state index >= 15 is 0 Å². The molecule has 1 saturated carbocycles. The lowest BCUT2D eigenvalue weighted by Crippen LogP contribution is -2.27. The number of benzene rings is 2. The van der Waals surface area contributed by atoms with Crippen LogP contribution in [-0.2, 0) is 18.4 Å². The number of amides is 2. The van der Waals surface area contributed by atoms with Gasteiger partial charge in [0, 0.05) is 30.1 Å². The summed E-state index contributed by atoms with van der Waals surface area (Å²) in [6, 6.07) is 15.7. The van der Waals surface area contributed by atoms with Gasteiger partial charge in [0.1, 0.15) is 0 Å². The predicted octanol–water partition coefficient (Wildman–Crippen LogP) is 6.10. The van der Waals surface area contributed by atoms with Gasteiger partial charge in [-0.15, -0.1) is 11.3 Å². The van der Waals surface area contributed by atoms with Gasteiger partial charge in [-0.3, -0.25) is 9.59 Å². The van der Waals surface area contributed by atoms with Crippen molar-refractivity contribution < 1.29 is 9.59 Å². The van der Waals surface area contributed by atoms with E-state index in [1.165, 1.54) is 35.3 Å². The van der Waals surface area contributed by atoms with Gasteiger partial charge in [-0.2, -0.15) is 0 Å². The van der Waals surface area contributed by atoms with Gasteiger partial charge in [-0.25, -0.2) is 0 Å². The zero-order valence-electron chi connectivity index (χ0n) is 19.7. The lowest BCUT2D eigenvalue weighted by atomic mass is 9.94. The minimum Gasteiger partial charge on any atom is -0.334 e. The molecule has 1 aliphatic carbocycles. The van der Waals surface area contributed by atoms with Crippen molar-refractivity contribution in [2.45, 2.75) is 31.2 Å². The molecular weight excluding hydrogens is 501 g/mol. The highest BCUT2D eigenvalue weighted by molar-refractivity contribution is 7.18. The molecule has 1 N–H and O–H groups in total. The Morgan fingerprint density at radius 1 is 1.11 bits per heavy atom. The summed E-state index contributed by atoms with van der Waals surface area (Å²) in [6.45, 7) is 2.15. The molecule has 1 aliphatic heterocycles. The van der Waals surface area contributed by atoms with Crippen LogP contribution in [0.5, 0.6) is 0 Å². The van der Waals surface area contributed by atoms with E-state index in [2.05, 4.69) is 48.6 Å². The Hall–Kier alpha value is -2.38. The molecule has 2 amide bonds. The molecule has 182 valence electrons. The minimum absolute atomic E-state index is 0.0873.